The lowest BCUT2D eigenvalue weighted by molar-refractivity contribution is 0.165. The van der Waals surface area contributed by atoms with Gasteiger partial charge in [0.2, 0.25) is 0 Å². The van der Waals surface area contributed by atoms with E-state index in [1.807, 2.05) is 24.3 Å². The molecule has 1 atom stereocenters. The number of aryl methyl sites for hydroxylation is 1. The summed E-state index contributed by atoms with van der Waals surface area (Å²) in [6, 6.07) is 12.3. The topological polar surface area (TPSA) is 29.5 Å². The Morgan fingerprint density at radius 2 is 1.90 bits per heavy atom. The van der Waals surface area contributed by atoms with E-state index in [1.54, 1.807) is 13.2 Å². The third-order valence-electron chi connectivity index (χ3n) is 3.39. The lowest BCUT2D eigenvalue weighted by Crippen LogP contribution is -2.12. The second-order valence-corrected chi connectivity index (χ2v) is 5.83. The van der Waals surface area contributed by atoms with Gasteiger partial charge in [-0.2, -0.15) is 0 Å². The van der Waals surface area contributed by atoms with E-state index in [-0.39, 0.29) is 5.82 Å². The van der Waals surface area contributed by atoms with Crippen LogP contribution in [0.4, 0.5) is 4.39 Å². The van der Waals surface area contributed by atoms with Crippen LogP contribution < -0.4 is 4.74 Å². The van der Waals surface area contributed by atoms with Crippen molar-refractivity contribution in [3.63, 3.8) is 0 Å². The smallest absolute Gasteiger partial charge is 0.123 e. The van der Waals surface area contributed by atoms with Crippen LogP contribution in [0.15, 0.2) is 46.9 Å². The van der Waals surface area contributed by atoms with Gasteiger partial charge in [0.25, 0.3) is 0 Å². The minimum absolute atomic E-state index is 0.282. The molecule has 2 nitrogen and oxygen atoms in total. The van der Waals surface area contributed by atoms with E-state index in [1.165, 1.54) is 12.1 Å². The molecule has 0 saturated carbocycles. The lowest BCUT2D eigenvalue weighted by atomic mass is 10.0. The fourth-order valence-electron chi connectivity index (χ4n) is 2.18. The van der Waals surface area contributed by atoms with Crippen molar-refractivity contribution in [2.45, 2.75) is 25.4 Å². The predicted molar refractivity (Wildman–Crippen MR) is 85.1 cm³/mol. The van der Waals surface area contributed by atoms with Crippen molar-refractivity contribution >= 4 is 15.9 Å². The molecule has 0 aliphatic heterocycles. The van der Waals surface area contributed by atoms with Gasteiger partial charge in [-0.25, -0.2) is 4.39 Å². The molecule has 0 saturated heterocycles. The van der Waals surface area contributed by atoms with Crippen LogP contribution in [-0.2, 0) is 12.8 Å². The van der Waals surface area contributed by atoms with Crippen molar-refractivity contribution in [2.24, 2.45) is 0 Å². The fraction of sp³-hybridized carbons (Fsp3) is 0.294. The van der Waals surface area contributed by atoms with Crippen LogP contribution in [0.1, 0.15) is 17.5 Å². The molecule has 0 aliphatic carbocycles. The van der Waals surface area contributed by atoms with Gasteiger partial charge in [-0.15, -0.1) is 0 Å². The van der Waals surface area contributed by atoms with Gasteiger partial charge >= 0.3 is 0 Å². The van der Waals surface area contributed by atoms with Gasteiger partial charge in [0.15, 0.2) is 0 Å². The highest BCUT2D eigenvalue weighted by Gasteiger charge is 2.10. The Morgan fingerprint density at radius 3 is 2.57 bits per heavy atom. The molecule has 0 bridgehead atoms. The molecule has 2 aromatic rings. The first-order valence-corrected chi connectivity index (χ1v) is 7.62. The van der Waals surface area contributed by atoms with Crippen molar-refractivity contribution in [3.05, 3.63) is 63.9 Å². The minimum Gasteiger partial charge on any atom is -0.497 e. The molecular weight excluding hydrogens is 335 g/mol. The lowest BCUT2D eigenvalue weighted by Gasteiger charge is -2.12. The number of rotatable bonds is 6. The average molecular weight is 353 g/mol. The predicted octanol–water partition coefficient (Wildman–Crippen LogP) is 4.13. The molecule has 0 spiro atoms. The molecule has 1 N–H and O–H groups in total. The first-order chi connectivity index (χ1) is 10.1. The monoisotopic (exact) mass is 352 g/mol. The molecule has 0 aromatic heterocycles. The Kier molecular flexibility index (Phi) is 5.76. The van der Waals surface area contributed by atoms with Crippen LogP contribution in [0.3, 0.4) is 0 Å². The van der Waals surface area contributed by atoms with Crippen molar-refractivity contribution < 1.29 is 14.2 Å². The Bertz CT molecular complexity index is 584. The zero-order valence-corrected chi connectivity index (χ0v) is 13.4. The first-order valence-electron chi connectivity index (χ1n) is 6.83. The van der Waals surface area contributed by atoms with Crippen molar-refractivity contribution in [2.75, 3.05) is 7.11 Å². The third-order valence-corrected chi connectivity index (χ3v) is 4.16. The van der Waals surface area contributed by atoms with Gasteiger partial charge in [0.1, 0.15) is 11.6 Å². The summed E-state index contributed by atoms with van der Waals surface area (Å²) >= 11 is 3.38. The Labute approximate surface area is 132 Å². The van der Waals surface area contributed by atoms with Crippen LogP contribution in [0.5, 0.6) is 5.75 Å². The highest BCUT2D eigenvalue weighted by atomic mass is 79.9. The van der Waals surface area contributed by atoms with E-state index in [0.29, 0.717) is 12.8 Å². The molecule has 4 heteroatoms. The van der Waals surface area contributed by atoms with Gasteiger partial charge in [0, 0.05) is 4.47 Å². The number of hydrogen-bond donors (Lipinski definition) is 1. The molecule has 0 amide bonds. The molecule has 0 heterocycles. The molecule has 2 aromatic carbocycles. The molecule has 2 rings (SSSR count). The van der Waals surface area contributed by atoms with Crippen LogP contribution in [0.25, 0.3) is 0 Å². The second-order valence-electron chi connectivity index (χ2n) is 4.98. The number of aliphatic hydroxyl groups excluding tert-OH is 1. The van der Waals surface area contributed by atoms with Gasteiger partial charge < -0.3 is 9.84 Å². The standard InChI is InChI=1S/C17H18BrFO2/c1-21-16-7-3-12(4-8-16)2-6-15(20)11-13-10-14(19)5-9-17(13)18/h3-5,7-10,15,20H,2,6,11H2,1H3. The molecule has 1 unspecified atom stereocenters. The quantitative estimate of drug-likeness (QED) is 0.846. The number of halogens is 2. The van der Waals surface area contributed by atoms with Gasteiger partial charge in [-0.3, -0.25) is 0 Å². The van der Waals surface area contributed by atoms with Crippen molar-refractivity contribution in [1.29, 1.82) is 0 Å². The summed E-state index contributed by atoms with van der Waals surface area (Å²) in [4.78, 5) is 0. The van der Waals surface area contributed by atoms with E-state index in [4.69, 9.17) is 4.74 Å². The number of aliphatic hydroxyl groups is 1. The highest BCUT2D eigenvalue weighted by Crippen LogP contribution is 2.21. The molecule has 0 radical (unpaired) electrons. The maximum absolute atomic E-state index is 13.2. The van der Waals surface area contributed by atoms with Crippen LogP contribution in [-0.4, -0.2) is 18.3 Å². The summed E-state index contributed by atoms with van der Waals surface area (Å²) in [6.45, 7) is 0. The summed E-state index contributed by atoms with van der Waals surface area (Å²) in [6.07, 6.45) is 1.35. The van der Waals surface area contributed by atoms with Gasteiger partial charge in [0.05, 0.1) is 13.2 Å². The summed E-state index contributed by atoms with van der Waals surface area (Å²) in [5.41, 5.74) is 1.94. The molecule has 0 fully saturated rings. The molecular formula is C17H18BrFO2. The normalized spacial score (nSPS) is 12.2. The highest BCUT2D eigenvalue weighted by molar-refractivity contribution is 9.10. The van der Waals surface area contributed by atoms with E-state index < -0.39 is 6.10 Å². The van der Waals surface area contributed by atoms with Crippen molar-refractivity contribution in [3.8, 4) is 5.75 Å². The van der Waals surface area contributed by atoms with Crippen molar-refractivity contribution in [1.82, 2.24) is 0 Å². The zero-order valence-electron chi connectivity index (χ0n) is 11.9. The number of methoxy groups -OCH3 is 1. The number of ether oxygens (including phenoxy) is 1. The van der Waals surface area contributed by atoms with E-state index in [9.17, 15) is 9.50 Å². The Morgan fingerprint density at radius 1 is 1.19 bits per heavy atom. The maximum Gasteiger partial charge on any atom is 0.123 e. The Balaban J connectivity index is 1.89. The second kappa shape index (κ2) is 7.57. The average Bonchev–Trinajstić information content (AvgIpc) is 2.49. The Hall–Kier alpha value is -1.39. The summed E-state index contributed by atoms with van der Waals surface area (Å²) in [5.74, 6) is 0.540. The maximum atomic E-state index is 13.2. The molecule has 112 valence electrons. The van der Waals surface area contributed by atoms with Crippen LogP contribution in [0.2, 0.25) is 0 Å². The summed E-state index contributed by atoms with van der Waals surface area (Å²) < 4.78 is 19.1. The zero-order chi connectivity index (χ0) is 15.2. The van der Waals surface area contributed by atoms with Gasteiger partial charge in [-0.05, 0) is 60.7 Å². The number of benzene rings is 2. The van der Waals surface area contributed by atoms with Gasteiger partial charge in [-0.1, -0.05) is 28.1 Å². The third kappa shape index (κ3) is 4.83. The SMILES string of the molecule is COc1ccc(CCC(O)Cc2cc(F)ccc2Br)cc1. The van der Waals surface area contributed by atoms with E-state index in [0.717, 1.165) is 27.8 Å². The fourth-order valence-corrected chi connectivity index (χ4v) is 2.59. The summed E-state index contributed by atoms with van der Waals surface area (Å²) in [7, 11) is 1.63. The van der Waals surface area contributed by atoms with Crippen LogP contribution >= 0.6 is 15.9 Å². The molecule has 0 aliphatic rings. The summed E-state index contributed by atoms with van der Waals surface area (Å²) in [5, 5.41) is 10.1. The number of hydrogen-bond acceptors (Lipinski definition) is 2. The first kappa shape index (κ1) is 16.0. The molecule has 21 heavy (non-hydrogen) atoms. The van der Waals surface area contributed by atoms with E-state index >= 15 is 0 Å². The minimum atomic E-state index is -0.495. The van der Waals surface area contributed by atoms with E-state index in [2.05, 4.69) is 15.9 Å². The van der Waals surface area contributed by atoms with Crippen LogP contribution in [0, 0.1) is 5.82 Å². The largest absolute Gasteiger partial charge is 0.497 e.